The van der Waals surface area contributed by atoms with Gasteiger partial charge >= 0.3 is 5.97 Å². The van der Waals surface area contributed by atoms with Crippen molar-refractivity contribution in [1.82, 2.24) is 4.90 Å². The first kappa shape index (κ1) is 17.2. The van der Waals surface area contributed by atoms with Gasteiger partial charge in [0.15, 0.2) is 0 Å². The lowest BCUT2D eigenvalue weighted by atomic mass is 9.89. The monoisotopic (exact) mass is 387 g/mol. The van der Waals surface area contributed by atoms with E-state index in [1.165, 1.54) is 16.7 Å². The second-order valence-corrected chi connectivity index (χ2v) is 7.40. The number of benzene rings is 2. The quantitative estimate of drug-likeness (QED) is 0.830. The van der Waals surface area contributed by atoms with E-state index in [9.17, 15) is 9.90 Å². The molecule has 1 N–H and O–H groups in total. The molecule has 1 saturated heterocycles. The van der Waals surface area contributed by atoms with Gasteiger partial charge in [-0.25, -0.2) is 0 Å². The van der Waals surface area contributed by atoms with Gasteiger partial charge in [-0.15, -0.1) is 0 Å². The lowest BCUT2D eigenvalue weighted by Crippen LogP contribution is -2.41. The van der Waals surface area contributed by atoms with Gasteiger partial charge < -0.3 is 5.11 Å². The highest BCUT2D eigenvalue weighted by Gasteiger charge is 2.31. The standard InChI is InChI=1S/C20H22BrNO2/c1-14-6-2-3-10-18(14)19(15-7-4-9-17(21)12-15)22-11-5-8-16(13-22)20(23)24/h2-4,6-7,9-10,12,16,19H,5,8,11,13H2,1H3,(H,23,24). The Bertz CT molecular complexity index is 731. The summed E-state index contributed by atoms with van der Waals surface area (Å²) in [6.45, 7) is 3.65. The van der Waals surface area contributed by atoms with Crippen molar-refractivity contribution < 1.29 is 9.90 Å². The van der Waals surface area contributed by atoms with Crippen LogP contribution in [-0.4, -0.2) is 29.1 Å². The summed E-state index contributed by atoms with van der Waals surface area (Å²) >= 11 is 3.57. The number of carboxylic acids is 1. The molecule has 2 aromatic carbocycles. The van der Waals surface area contributed by atoms with Crippen LogP contribution in [0.5, 0.6) is 0 Å². The number of likely N-dealkylation sites (tertiary alicyclic amines) is 1. The van der Waals surface area contributed by atoms with E-state index in [0.717, 1.165) is 23.9 Å². The number of aryl methyl sites for hydroxylation is 1. The van der Waals surface area contributed by atoms with Crippen LogP contribution < -0.4 is 0 Å². The van der Waals surface area contributed by atoms with Crippen LogP contribution in [-0.2, 0) is 4.79 Å². The predicted octanol–water partition coefficient (Wildman–Crippen LogP) is 4.64. The van der Waals surface area contributed by atoms with Crippen LogP contribution in [0, 0.1) is 12.8 Å². The summed E-state index contributed by atoms with van der Waals surface area (Å²) in [4.78, 5) is 13.8. The summed E-state index contributed by atoms with van der Waals surface area (Å²) in [5, 5.41) is 9.44. The number of halogens is 1. The van der Waals surface area contributed by atoms with Crippen molar-refractivity contribution in [1.29, 1.82) is 0 Å². The number of nitrogens with zero attached hydrogens (tertiary/aromatic N) is 1. The fourth-order valence-electron chi connectivity index (χ4n) is 3.60. The summed E-state index contributed by atoms with van der Waals surface area (Å²) in [5.74, 6) is -0.963. The molecule has 4 heteroatoms. The van der Waals surface area contributed by atoms with Crippen molar-refractivity contribution >= 4 is 21.9 Å². The van der Waals surface area contributed by atoms with E-state index in [-0.39, 0.29) is 12.0 Å². The Morgan fingerprint density at radius 2 is 2.04 bits per heavy atom. The van der Waals surface area contributed by atoms with Gasteiger partial charge in [0, 0.05) is 11.0 Å². The molecule has 1 fully saturated rings. The Morgan fingerprint density at radius 3 is 2.75 bits per heavy atom. The van der Waals surface area contributed by atoms with Gasteiger partial charge in [-0.05, 0) is 55.1 Å². The van der Waals surface area contributed by atoms with Gasteiger partial charge in [0.2, 0.25) is 0 Å². The van der Waals surface area contributed by atoms with Crippen LogP contribution in [0.15, 0.2) is 53.0 Å². The Morgan fingerprint density at radius 1 is 1.25 bits per heavy atom. The molecule has 0 bridgehead atoms. The minimum absolute atomic E-state index is 0.0887. The second kappa shape index (κ2) is 7.49. The van der Waals surface area contributed by atoms with Crippen LogP contribution >= 0.6 is 15.9 Å². The van der Waals surface area contributed by atoms with Crippen LogP contribution in [0.1, 0.15) is 35.6 Å². The lowest BCUT2D eigenvalue weighted by molar-refractivity contribution is -0.143. The summed E-state index contributed by atoms with van der Waals surface area (Å²) in [5.41, 5.74) is 3.69. The summed E-state index contributed by atoms with van der Waals surface area (Å²) in [6, 6.07) is 16.8. The summed E-state index contributed by atoms with van der Waals surface area (Å²) in [6.07, 6.45) is 1.69. The Kier molecular flexibility index (Phi) is 5.36. The molecule has 0 amide bonds. The molecular weight excluding hydrogens is 366 g/mol. The van der Waals surface area contributed by atoms with Crippen molar-refractivity contribution in [3.05, 3.63) is 69.7 Å². The van der Waals surface area contributed by atoms with E-state index in [1.807, 2.05) is 18.2 Å². The third-order valence-electron chi connectivity index (χ3n) is 4.81. The molecule has 2 atom stereocenters. The Balaban J connectivity index is 2.02. The number of rotatable bonds is 4. The Labute approximate surface area is 151 Å². The van der Waals surface area contributed by atoms with Crippen LogP contribution in [0.3, 0.4) is 0 Å². The fourth-order valence-corrected chi connectivity index (χ4v) is 4.02. The number of aliphatic carboxylic acids is 1. The summed E-state index contributed by atoms with van der Waals surface area (Å²) in [7, 11) is 0. The molecule has 3 nitrogen and oxygen atoms in total. The predicted molar refractivity (Wildman–Crippen MR) is 99.1 cm³/mol. The fraction of sp³-hybridized carbons (Fsp3) is 0.350. The molecule has 3 rings (SSSR count). The first-order valence-electron chi connectivity index (χ1n) is 8.34. The van der Waals surface area contributed by atoms with Crippen LogP contribution in [0.25, 0.3) is 0 Å². The van der Waals surface area contributed by atoms with E-state index in [1.54, 1.807) is 0 Å². The molecule has 2 aromatic rings. The number of carbonyl (C=O) groups is 1. The van der Waals surface area contributed by atoms with E-state index in [2.05, 4.69) is 58.1 Å². The third-order valence-corrected chi connectivity index (χ3v) is 5.31. The largest absolute Gasteiger partial charge is 0.481 e. The zero-order valence-electron chi connectivity index (χ0n) is 13.8. The molecule has 0 spiro atoms. The molecular formula is C20H22BrNO2. The average Bonchev–Trinajstić information content (AvgIpc) is 2.57. The number of hydrogen-bond donors (Lipinski definition) is 1. The van der Waals surface area contributed by atoms with Crippen LogP contribution in [0.2, 0.25) is 0 Å². The third kappa shape index (κ3) is 3.70. The highest BCUT2D eigenvalue weighted by atomic mass is 79.9. The smallest absolute Gasteiger partial charge is 0.307 e. The molecule has 126 valence electrons. The molecule has 24 heavy (non-hydrogen) atoms. The van der Waals surface area contributed by atoms with Gasteiger partial charge in [-0.1, -0.05) is 52.3 Å². The maximum Gasteiger partial charge on any atom is 0.307 e. The molecule has 1 heterocycles. The van der Waals surface area contributed by atoms with Crippen molar-refractivity contribution in [2.75, 3.05) is 13.1 Å². The van der Waals surface area contributed by atoms with Crippen molar-refractivity contribution in [2.45, 2.75) is 25.8 Å². The summed E-state index contributed by atoms with van der Waals surface area (Å²) < 4.78 is 1.05. The minimum Gasteiger partial charge on any atom is -0.481 e. The first-order chi connectivity index (χ1) is 11.6. The van der Waals surface area contributed by atoms with Gasteiger partial charge in [0.05, 0.1) is 12.0 Å². The highest BCUT2D eigenvalue weighted by molar-refractivity contribution is 9.10. The molecule has 1 aliphatic rings. The highest BCUT2D eigenvalue weighted by Crippen LogP contribution is 2.35. The molecule has 1 aliphatic heterocycles. The van der Waals surface area contributed by atoms with E-state index < -0.39 is 5.97 Å². The van der Waals surface area contributed by atoms with Gasteiger partial charge in [-0.2, -0.15) is 0 Å². The van der Waals surface area contributed by atoms with Crippen molar-refractivity contribution in [3.8, 4) is 0 Å². The van der Waals surface area contributed by atoms with Gasteiger partial charge in [-0.3, -0.25) is 9.69 Å². The molecule has 0 aromatic heterocycles. The van der Waals surface area contributed by atoms with Gasteiger partial charge in [0.1, 0.15) is 0 Å². The topological polar surface area (TPSA) is 40.5 Å². The number of hydrogen-bond acceptors (Lipinski definition) is 2. The number of carboxylic acid groups (broad SMARTS) is 1. The lowest BCUT2D eigenvalue weighted by Gasteiger charge is -2.38. The maximum atomic E-state index is 11.5. The molecule has 0 radical (unpaired) electrons. The molecule has 0 aliphatic carbocycles. The minimum atomic E-state index is -0.683. The van der Waals surface area contributed by atoms with Crippen molar-refractivity contribution in [2.24, 2.45) is 5.92 Å². The van der Waals surface area contributed by atoms with Crippen molar-refractivity contribution in [3.63, 3.8) is 0 Å². The molecule has 2 unspecified atom stereocenters. The zero-order chi connectivity index (χ0) is 17.1. The van der Waals surface area contributed by atoms with Gasteiger partial charge in [0.25, 0.3) is 0 Å². The average molecular weight is 388 g/mol. The maximum absolute atomic E-state index is 11.5. The number of piperidine rings is 1. The normalized spacial score (nSPS) is 19.8. The van der Waals surface area contributed by atoms with E-state index in [4.69, 9.17) is 0 Å². The SMILES string of the molecule is Cc1ccccc1C(c1cccc(Br)c1)N1CCCC(C(=O)O)C1. The Hall–Kier alpha value is -1.65. The molecule has 0 saturated carbocycles. The zero-order valence-corrected chi connectivity index (χ0v) is 15.4. The van der Waals surface area contributed by atoms with Crippen LogP contribution in [0.4, 0.5) is 0 Å². The van der Waals surface area contributed by atoms with E-state index in [0.29, 0.717) is 6.54 Å². The second-order valence-electron chi connectivity index (χ2n) is 6.49. The first-order valence-corrected chi connectivity index (χ1v) is 9.13. The van der Waals surface area contributed by atoms with E-state index >= 15 is 0 Å².